The third kappa shape index (κ3) is 2.75. The molecule has 0 saturated heterocycles. The van der Waals surface area contributed by atoms with Crippen molar-refractivity contribution < 1.29 is 8.78 Å². The van der Waals surface area contributed by atoms with Crippen LogP contribution in [0.15, 0.2) is 43.0 Å². The fraction of sp³-hybridized carbons (Fsp3) is 0.200. The topological polar surface area (TPSA) is 42.2 Å². The van der Waals surface area contributed by atoms with Crippen LogP contribution in [0, 0.1) is 11.6 Å². The van der Waals surface area contributed by atoms with Gasteiger partial charge in [0.25, 0.3) is 0 Å². The fourth-order valence-corrected chi connectivity index (χ4v) is 2.45. The molecule has 6 heteroatoms. The van der Waals surface area contributed by atoms with Crippen molar-refractivity contribution in [2.45, 2.75) is 12.5 Å². The average molecular weight is 288 g/mol. The van der Waals surface area contributed by atoms with Crippen LogP contribution in [0.1, 0.15) is 17.2 Å². The first-order chi connectivity index (χ1) is 10.2. The predicted molar refractivity (Wildman–Crippen MR) is 74.8 cm³/mol. The van der Waals surface area contributed by atoms with Crippen LogP contribution < -0.4 is 5.32 Å². The van der Waals surface area contributed by atoms with Crippen LogP contribution in [-0.2, 0) is 6.42 Å². The second kappa shape index (κ2) is 5.57. The highest BCUT2D eigenvalue weighted by Crippen LogP contribution is 2.23. The molecule has 0 fully saturated rings. The van der Waals surface area contributed by atoms with Crippen molar-refractivity contribution in [3.63, 3.8) is 0 Å². The minimum atomic E-state index is -0.568. The smallest absolute Gasteiger partial charge is 0.126 e. The Morgan fingerprint density at radius 3 is 2.67 bits per heavy atom. The Morgan fingerprint density at radius 1 is 1.19 bits per heavy atom. The Labute approximate surface area is 120 Å². The van der Waals surface area contributed by atoms with Gasteiger partial charge >= 0.3 is 0 Å². The number of rotatable bonds is 4. The van der Waals surface area contributed by atoms with Gasteiger partial charge in [0.1, 0.15) is 11.6 Å². The number of hydrogen-bond donors (Lipinski definition) is 1. The summed E-state index contributed by atoms with van der Waals surface area (Å²) in [5.41, 5.74) is 2.40. The molecule has 1 aromatic carbocycles. The maximum atomic E-state index is 13.3. The highest BCUT2D eigenvalue weighted by atomic mass is 19.1. The third-order valence-electron chi connectivity index (χ3n) is 3.44. The molecular weight excluding hydrogens is 274 g/mol. The van der Waals surface area contributed by atoms with Crippen molar-refractivity contribution in [2.24, 2.45) is 0 Å². The lowest BCUT2D eigenvalue weighted by molar-refractivity contribution is 0.563. The molecule has 0 aliphatic carbocycles. The summed E-state index contributed by atoms with van der Waals surface area (Å²) in [5, 5.41) is 7.41. The third-order valence-corrected chi connectivity index (χ3v) is 3.44. The molecule has 0 saturated carbocycles. The molecule has 2 heterocycles. The van der Waals surface area contributed by atoms with Crippen LogP contribution in [0.3, 0.4) is 0 Å². The standard InChI is InChI=1S/C15H14F2N4/c1-18-14(6-10-4-11(16)7-12(17)5-10)13-8-20-21-3-2-19-9-15(13)21/h2-5,7-9,14,18H,6H2,1H3. The molecule has 1 unspecified atom stereocenters. The minimum absolute atomic E-state index is 0.104. The van der Waals surface area contributed by atoms with E-state index in [9.17, 15) is 8.78 Å². The molecule has 0 radical (unpaired) electrons. The Morgan fingerprint density at radius 2 is 1.95 bits per heavy atom. The molecule has 0 spiro atoms. The van der Waals surface area contributed by atoms with E-state index in [-0.39, 0.29) is 6.04 Å². The Bertz CT molecular complexity index is 749. The van der Waals surface area contributed by atoms with Crippen molar-refractivity contribution in [3.05, 3.63) is 65.7 Å². The molecule has 1 atom stereocenters. The van der Waals surface area contributed by atoms with Gasteiger partial charge in [0.15, 0.2) is 0 Å². The van der Waals surface area contributed by atoms with Gasteiger partial charge in [0.2, 0.25) is 0 Å². The predicted octanol–water partition coefficient (Wildman–Crippen LogP) is 2.51. The van der Waals surface area contributed by atoms with Crippen LogP contribution >= 0.6 is 0 Å². The zero-order valence-corrected chi connectivity index (χ0v) is 11.4. The molecule has 4 nitrogen and oxygen atoms in total. The highest BCUT2D eigenvalue weighted by Gasteiger charge is 2.16. The summed E-state index contributed by atoms with van der Waals surface area (Å²) in [5.74, 6) is -1.14. The zero-order chi connectivity index (χ0) is 14.8. The van der Waals surface area contributed by atoms with E-state index in [1.807, 2.05) is 0 Å². The molecule has 2 aromatic heterocycles. The lowest BCUT2D eigenvalue weighted by atomic mass is 10.00. The minimum Gasteiger partial charge on any atom is -0.313 e. The van der Waals surface area contributed by atoms with Crippen molar-refractivity contribution in [3.8, 4) is 0 Å². The van der Waals surface area contributed by atoms with Gasteiger partial charge in [-0.05, 0) is 31.2 Å². The first-order valence-corrected chi connectivity index (χ1v) is 6.57. The number of nitrogens with one attached hydrogen (secondary N) is 1. The van der Waals surface area contributed by atoms with Crippen molar-refractivity contribution in [1.82, 2.24) is 19.9 Å². The Kier molecular flexibility index (Phi) is 3.62. The largest absolute Gasteiger partial charge is 0.313 e. The molecule has 21 heavy (non-hydrogen) atoms. The molecule has 0 bridgehead atoms. The molecular formula is C15H14F2N4. The van der Waals surface area contributed by atoms with E-state index < -0.39 is 11.6 Å². The van der Waals surface area contributed by atoms with E-state index in [1.165, 1.54) is 12.1 Å². The quantitative estimate of drug-likeness (QED) is 0.802. The molecule has 0 amide bonds. The number of aromatic nitrogens is 3. The highest BCUT2D eigenvalue weighted by molar-refractivity contribution is 5.53. The summed E-state index contributed by atoms with van der Waals surface area (Å²) in [6.45, 7) is 0. The van der Waals surface area contributed by atoms with Crippen molar-refractivity contribution in [2.75, 3.05) is 7.05 Å². The average Bonchev–Trinajstić information content (AvgIpc) is 2.87. The molecule has 3 rings (SSSR count). The van der Waals surface area contributed by atoms with Crippen LogP contribution in [0.25, 0.3) is 5.52 Å². The first-order valence-electron chi connectivity index (χ1n) is 6.57. The summed E-state index contributed by atoms with van der Waals surface area (Å²) >= 11 is 0. The van der Waals surface area contributed by atoms with E-state index in [2.05, 4.69) is 15.4 Å². The van der Waals surface area contributed by atoms with E-state index in [1.54, 1.807) is 36.4 Å². The van der Waals surface area contributed by atoms with Gasteiger partial charge in [-0.1, -0.05) is 0 Å². The lowest BCUT2D eigenvalue weighted by Gasteiger charge is -2.15. The summed E-state index contributed by atoms with van der Waals surface area (Å²) in [4.78, 5) is 4.09. The monoisotopic (exact) mass is 288 g/mol. The fourth-order valence-electron chi connectivity index (χ4n) is 2.45. The van der Waals surface area contributed by atoms with Gasteiger partial charge in [-0.15, -0.1) is 0 Å². The Hall–Kier alpha value is -2.34. The summed E-state index contributed by atoms with van der Waals surface area (Å²) in [6.07, 6.45) is 7.33. The number of fused-ring (bicyclic) bond motifs is 1. The van der Waals surface area contributed by atoms with Crippen LogP contribution in [0.4, 0.5) is 8.78 Å². The molecule has 108 valence electrons. The normalized spacial score (nSPS) is 12.7. The number of nitrogens with zero attached hydrogens (tertiary/aromatic N) is 3. The second-order valence-electron chi connectivity index (χ2n) is 4.83. The zero-order valence-electron chi connectivity index (χ0n) is 11.4. The van der Waals surface area contributed by atoms with Gasteiger partial charge < -0.3 is 5.32 Å². The molecule has 0 aliphatic heterocycles. The SMILES string of the molecule is CNC(Cc1cc(F)cc(F)c1)c1cnn2ccncc12. The van der Waals surface area contributed by atoms with E-state index >= 15 is 0 Å². The number of halogens is 2. The van der Waals surface area contributed by atoms with Crippen LogP contribution in [0.2, 0.25) is 0 Å². The summed E-state index contributed by atoms with van der Waals surface area (Å²) in [7, 11) is 1.81. The van der Waals surface area contributed by atoms with E-state index in [4.69, 9.17) is 0 Å². The van der Waals surface area contributed by atoms with Gasteiger partial charge in [0, 0.05) is 30.1 Å². The van der Waals surface area contributed by atoms with Gasteiger partial charge in [-0.25, -0.2) is 13.3 Å². The summed E-state index contributed by atoms with van der Waals surface area (Å²) < 4.78 is 28.3. The van der Waals surface area contributed by atoms with E-state index in [0.717, 1.165) is 17.1 Å². The summed E-state index contributed by atoms with van der Waals surface area (Å²) in [6, 6.07) is 3.46. The maximum absolute atomic E-state index is 13.3. The number of likely N-dealkylation sites (N-methyl/N-ethyl adjacent to an activating group) is 1. The molecule has 0 aliphatic rings. The lowest BCUT2D eigenvalue weighted by Crippen LogP contribution is -2.19. The molecule has 3 aromatic rings. The molecule has 1 N–H and O–H groups in total. The van der Waals surface area contributed by atoms with Crippen molar-refractivity contribution >= 4 is 5.52 Å². The van der Waals surface area contributed by atoms with Crippen molar-refractivity contribution in [1.29, 1.82) is 0 Å². The maximum Gasteiger partial charge on any atom is 0.126 e. The van der Waals surface area contributed by atoms with E-state index in [0.29, 0.717) is 12.0 Å². The Balaban J connectivity index is 1.95. The van der Waals surface area contributed by atoms with Gasteiger partial charge in [0.05, 0.1) is 17.9 Å². The first kappa shape index (κ1) is 13.6. The second-order valence-corrected chi connectivity index (χ2v) is 4.83. The van der Waals surface area contributed by atoms with Crippen LogP contribution in [0.5, 0.6) is 0 Å². The number of hydrogen-bond acceptors (Lipinski definition) is 3. The van der Waals surface area contributed by atoms with Gasteiger partial charge in [-0.2, -0.15) is 5.10 Å². The van der Waals surface area contributed by atoms with Crippen LogP contribution in [-0.4, -0.2) is 21.6 Å². The van der Waals surface area contributed by atoms with Gasteiger partial charge in [-0.3, -0.25) is 4.98 Å². The number of benzene rings is 1.